The molecular weight excluding hydrogens is 366 g/mol. The molecule has 0 aliphatic carbocycles. The molecule has 0 unspecified atom stereocenters. The zero-order valence-electron chi connectivity index (χ0n) is 15.3. The number of amides is 1. The van der Waals surface area contributed by atoms with Gasteiger partial charge in [0.2, 0.25) is 15.9 Å². The number of sulfonamides is 1. The number of aromatic amines is 1. The summed E-state index contributed by atoms with van der Waals surface area (Å²) in [5.74, 6) is -0.0172. The third-order valence-corrected chi connectivity index (χ3v) is 6.07. The molecular formula is C19H21N3O4S. The van der Waals surface area contributed by atoms with Gasteiger partial charge in [0.25, 0.3) is 0 Å². The molecule has 0 aliphatic rings. The molecule has 1 aromatic heterocycles. The van der Waals surface area contributed by atoms with Gasteiger partial charge in [0, 0.05) is 36.9 Å². The van der Waals surface area contributed by atoms with E-state index in [4.69, 9.17) is 4.74 Å². The van der Waals surface area contributed by atoms with Gasteiger partial charge in [-0.1, -0.05) is 18.2 Å². The lowest BCUT2D eigenvalue weighted by atomic mass is 10.1. The Morgan fingerprint density at radius 3 is 2.63 bits per heavy atom. The molecule has 0 bridgehead atoms. The molecule has 142 valence electrons. The summed E-state index contributed by atoms with van der Waals surface area (Å²) in [5.41, 5.74) is 2.22. The van der Waals surface area contributed by atoms with E-state index in [1.54, 1.807) is 12.3 Å². The van der Waals surface area contributed by atoms with Gasteiger partial charge in [-0.2, -0.15) is 0 Å². The van der Waals surface area contributed by atoms with Crippen LogP contribution < -0.4 is 10.1 Å². The van der Waals surface area contributed by atoms with Crippen LogP contribution in [-0.4, -0.2) is 44.8 Å². The summed E-state index contributed by atoms with van der Waals surface area (Å²) in [6, 6.07) is 12.3. The third kappa shape index (κ3) is 3.81. The Hall–Kier alpha value is -2.84. The van der Waals surface area contributed by atoms with Crippen LogP contribution in [0.5, 0.6) is 5.75 Å². The number of hydrogen-bond donors (Lipinski definition) is 2. The Labute approximate surface area is 158 Å². The number of methoxy groups -OCH3 is 1. The first-order valence-corrected chi connectivity index (χ1v) is 9.72. The second-order valence-electron chi connectivity index (χ2n) is 6.24. The minimum Gasteiger partial charge on any atom is -0.495 e. The summed E-state index contributed by atoms with van der Waals surface area (Å²) in [6.07, 6.45) is 1.98. The molecule has 0 fully saturated rings. The van der Waals surface area contributed by atoms with E-state index < -0.39 is 10.0 Å². The molecule has 0 atom stereocenters. The highest BCUT2D eigenvalue weighted by atomic mass is 32.2. The largest absolute Gasteiger partial charge is 0.495 e. The highest BCUT2D eigenvalue weighted by Crippen LogP contribution is 2.29. The van der Waals surface area contributed by atoms with Gasteiger partial charge in [-0.05, 0) is 29.8 Å². The van der Waals surface area contributed by atoms with Gasteiger partial charge in [-0.3, -0.25) is 4.79 Å². The minimum absolute atomic E-state index is 0.0000979. The number of para-hydroxylation sites is 1. The van der Waals surface area contributed by atoms with Gasteiger partial charge in [-0.25, -0.2) is 12.7 Å². The van der Waals surface area contributed by atoms with Crippen molar-refractivity contribution in [3.05, 3.63) is 54.2 Å². The predicted octanol–water partition coefficient (Wildman–Crippen LogP) is 2.61. The molecule has 0 saturated carbocycles. The van der Waals surface area contributed by atoms with Crippen LogP contribution in [0.3, 0.4) is 0 Å². The number of nitrogens with zero attached hydrogens (tertiary/aromatic N) is 1. The number of carbonyl (C=O) groups excluding carboxylic acids is 1. The molecule has 2 N–H and O–H groups in total. The normalized spacial score (nSPS) is 11.7. The Morgan fingerprint density at radius 2 is 1.93 bits per heavy atom. The van der Waals surface area contributed by atoms with Crippen molar-refractivity contribution in [3.63, 3.8) is 0 Å². The summed E-state index contributed by atoms with van der Waals surface area (Å²) < 4.78 is 31.2. The molecule has 3 rings (SSSR count). The number of H-pyrrole nitrogens is 1. The first-order valence-electron chi connectivity index (χ1n) is 8.28. The van der Waals surface area contributed by atoms with E-state index in [0.29, 0.717) is 5.69 Å². The van der Waals surface area contributed by atoms with Crippen LogP contribution in [0.25, 0.3) is 10.9 Å². The summed E-state index contributed by atoms with van der Waals surface area (Å²) in [6.45, 7) is 0. The molecule has 0 saturated heterocycles. The lowest BCUT2D eigenvalue weighted by Crippen LogP contribution is -2.23. The van der Waals surface area contributed by atoms with Gasteiger partial charge in [0.1, 0.15) is 10.6 Å². The average Bonchev–Trinajstić information content (AvgIpc) is 3.04. The standard InChI is InChI=1S/C19H21N3O4S/c1-22(2)27(24,25)18-11-14(8-9-17(18)26-3)21-19(23)10-13-12-20-16-7-5-4-6-15(13)16/h4-9,11-12,20H,10H2,1-3H3,(H,21,23). The number of rotatable bonds is 6. The molecule has 0 radical (unpaired) electrons. The van der Waals surface area contributed by atoms with Crippen LogP contribution in [-0.2, 0) is 21.2 Å². The van der Waals surface area contributed by atoms with E-state index in [1.165, 1.54) is 33.3 Å². The molecule has 1 heterocycles. The zero-order valence-corrected chi connectivity index (χ0v) is 16.1. The fourth-order valence-electron chi connectivity index (χ4n) is 2.81. The van der Waals surface area contributed by atoms with E-state index in [9.17, 15) is 13.2 Å². The van der Waals surface area contributed by atoms with Crippen molar-refractivity contribution in [1.82, 2.24) is 9.29 Å². The first-order chi connectivity index (χ1) is 12.8. The lowest BCUT2D eigenvalue weighted by Gasteiger charge is -2.16. The van der Waals surface area contributed by atoms with Crippen LogP contribution in [0.15, 0.2) is 53.6 Å². The van der Waals surface area contributed by atoms with Gasteiger partial charge in [0.05, 0.1) is 13.5 Å². The van der Waals surface area contributed by atoms with Crippen LogP contribution in [0, 0.1) is 0 Å². The highest BCUT2D eigenvalue weighted by Gasteiger charge is 2.23. The molecule has 1 amide bonds. The maximum absolute atomic E-state index is 12.5. The van der Waals surface area contributed by atoms with E-state index in [0.717, 1.165) is 20.8 Å². The maximum Gasteiger partial charge on any atom is 0.246 e. The van der Waals surface area contributed by atoms with Crippen molar-refractivity contribution in [3.8, 4) is 5.75 Å². The van der Waals surface area contributed by atoms with Crippen molar-refractivity contribution < 1.29 is 17.9 Å². The van der Waals surface area contributed by atoms with Crippen molar-refractivity contribution in [1.29, 1.82) is 0 Å². The fourth-order valence-corrected chi connectivity index (χ4v) is 3.88. The third-order valence-electron chi connectivity index (χ3n) is 4.23. The monoisotopic (exact) mass is 387 g/mol. The van der Waals surface area contributed by atoms with Crippen molar-refractivity contribution in [2.45, 2.75) is 11.3 Å². The Balaban J connectivity index is 1.84. The van der Waals surface area contributed by atoms with E-state index in [-0.39, 0.29) is 23.0 Å². The summed E-state index contributed by atoms with van der Waals surface area (Å²) in [5, 5.41) is 3.74. The van der Waals surface area contributed by atoms with Crippen LogP contribution in [0.1, 0.15) is 5.56 Å². The van der Waals surface area contributed by atoms with Gasteiger partial charge in [-0.15, -0.1) is 0 Å². The second kappa shape index (κ2) is 7.42. The number of fused-ring (bicyclic) bond motifs is 1. The number of carbonyl (C=O) groups is 1. The quantitative estimate of drug-likeness (QED) is 0.680. The number of nitrogens with one attached hydrogen (secondary N) is 2. The Kier molecular flexibility index (Phi) is 5.20. The van der Waals surface area contributed by atoms with E-state index >= 15 is 0 Å². The molecule has 3 aromatic rings. The summed E-state index contributed by atoms with van der Waals surface area (Å²) in [4.78, 5) is 15.6. The summed E-state index contributed by atoms with van der Waals surface area (Å²) in [7, 11) is 0.580. The Bertz CT molecular complexity index is 1090. The highest BCUT2D eigenvalue weighted by molar-refractivity contribution is 7.89. The van der Waals surface area contributed by atoms with Gasteiger partial charge < -0.3 is 15.0 Å². The lowest BCUT2D eigenvalue weighted by molar-refractivity contribution is -0.115. The molecule has 7 nitrogen and oxygen atoms in total. The number of hydrogen-bond acceptors (Lipinski definition) is 4. The van der Waals surface area contributed by atoms with Crippen LogP contribution >= 0.6 is 0 Å². The van der Waals surface area contributed by atoms with Crippen molar-refractivity contribution in [2.24, 2.45) is 0 Å². The zero-order chi connectivity index (χ0) is 19.6. The number of anilines is 1. The van der Waals surface area contributed by atoms with E-state index in [1.807, 2.05) is 24.3 Å². The number of benzene rings is 2. The van der Waals surface area contributed by atoms with Crippen molar-refractivity contribution >= 4 is 32.5 Å². The predicted molar refractivity (Wildman–Crippen MR) is 104 cm³/mol. The van der Waals surface area contributed by atoms with E-state index in [2.05, 4.69) is 10.3 Å². The number of aromatic nitrogens is 1. The summed E-state index contributed by atoms with van der Waals surface area (Å²) >= 11 is 0. The van der Waals surface area contributed by atoms with Crippen molar-refractivity contribution in [2.75, 3.05) is 26.5 Å². The average molecular weight is 387 g/mol. The van der Waals surface area contributed by atoms with Crippen LogP contribution in [0.2, 0.25) is 0 Å². The molecule has 0 spiro atoms. The Morgan fingerprint density at radius 1 is 1.19 bits per heavy atom. The molecule has 0 aliphatic heterocycles. The number of ether oxygens (including phenoxy) is 1. The molecule has 27 heavy (non-hydrogen) atoms. The first kappa shape index (κ1) is 18.9. The topological polar surface area (TPSA) is 91.5 Å². The second-order valence-corrected chi connectivity index (χ2v) is 8.36. The van der Waals surface area contributed by atoms with Crippen LogP contribution in [0.4, 0.5) is 5.69 Å². The van der Waals surface area contributed by atoms with Gasteiger partial charge in [0.15, 0.2) is 0 Å². The SMILES string of the molecule is COc1ccc(NC(=O)Cc2c[nH]c3ccccc23)cc1S(=O)(=O)N(C)C. The smallest absolute Gasteiger partial charge is 0.246 e. The van der Waals surface area contributed by atoms with Gasteiger partial charge >= 0.3 is 0 Å². The molecule has 2 aromatic carbocycles. The molecule has 8 heteroatoms. The fraction of sp³-hybridized carbons (Fsp3) is 0.211. The maximum atomic E-state index is 12.5. The minimum atomic E-state index is -3.70.